The van der Waals surface area contributed by atoms with Gasteiger partial charge in [-0.05, 0) is 67.1 Å². The number of methoxy groups -OCH3 is 2. The van der Waals surface area contributed by atoms with E-state index in [1.165, 1.54) is 12.1 Å². The summed E-state index contributed by atoms with van der Waals surface area (Å²) in [7, 11) is 3.25. The summed E-state index contributed by atoms with van der Waals surface area (Å²) >= 11 is 6.24. The number of halogens is 2. The van der Waals surface area contributed by atoms with Crippen LogP contribution in [0.3, 0.4) is 0 Å². The minimum absolute atomic E-state index is 0.0152. The minimum atomic E-state index is -0.677. The first kappa shape index (κ1) is 19.0. The van der Waals surface area contributed by atoms with Gasteiger partial charge in [-0.3, -0.25) is 0 Å². The second-order valence-electron chi connectivity index (χ2n) is 6.62. The molecular formula is C21H24ClFO3. The highest BCUT2D eigenvalue weighted by molar-refractivity contribution is 6.20. The molecule has 1 heterocycles. The molecule has 0 bridgehead atoms. The third-order valence-electron chi connectivity index (χ3n) is 4.97. The lowest BCUT2D eigenvalue weighted by Crippen LogP contribution is -2.37. The van der Waals surface area contributed by atoms with Gasteiger partial charge in [-0.1, -0.05) is 12.1 Å². The van der Waals surface area contributed by atoms with Crippen molar-refractivity contribution in [2.75, 3.05) is 20.8 Å². The predicted molar refractivity (Wildman–Crippen MR) is 101 cm³/mol. The maximum Gasteiger partial charge on any atom is 0.161 e. The summed E-state index contributed by atoms with van der Waals surface area (Å²) in [5.41, 5.74) is 2.43. The fourth-order valence-electron chi connectivity index (χ4n) is 3.63. The molecule has 2 aromatic rings. The van der Waals surface area contributed by atoms with Crippen molar-refractivity contribution >= 4 is 11.6 Å². The van der Waals surface area contributed by atoms with Crippen molar-refractivity contribution in [1.82, 2.24) is 0 Å². The van der Waals surface area contributed by atoms with Crippen LogP contribution in [0, 0.1) is 5.82 Å². The average Bonchev–Trinajstić information content (AvgIpc) is 2.65. The zero-order chi connectivity index (χ0) is 18.7. The number of benzene rings is 2. The molecule has 3 nitrogen and oxygen atoms in total. The van der Waals surface area contributed by atoms with Gasteiger partial charge in [-0.2, -0.15) is 0 Å². The Bertz CT molecular complexity index is 761. The van der Waals surface area contributed by atoms with E-state index in [0.717, 1.165) is 29.5 Å². The van der Waals surface area contributed by atoms with E-state index in [2.05, 4.69) is 0 Å². The van der Waals surface area contributed by atoms with E-state index in [4.69, 9.17) is 25.8 Å². The Kier molecular flexibility index (Phi) is 5.73. The SMILES string of the molecule is COc1cc2c(cc1OC)C(CCC(C)Cl)(c1ccc(F)cc1)OCC2. The molecular weight excluding hydrogens is 355 g/mol. The highest BCUT2D eigenvalue weighted by Crippen LogP contribution is 2.46. The van der Waals surface area contributed by atoms with Crippen molar-refractivity contribution in [2.45, 2.75) is 37.2 Å². The second kappa shape index (κ2) is 7.85. The molecule has 1 aliphatic rings. The highest BCUT2D eigenvalue weighted by Gasteiger charge is 2.40. The summed E-state index contributed by atoms with van der Waals surface area (Å²) in [6.07, 6.45) is 2.26. The summed E-state index contributed by atoms with van der Waals surface area (Å²) in [5, 5.41) is 0.0152. The molecule has 0 fully saturated rings. The van der Waals surface area contributed by atoms with E-state index in [1.807, 2.05) is 19.1 Å². The van der Waals surface area contributed by atoms with Gasteiger partial charge in [0.2, 0.25) is 0 Å². The number of rotatable bonds is 6. The first-order chi connectivity index (χ1) is 12.5. The zero-order valence-corrected chi connectivity index (χ0v) is 16.1. The zero-order valence-electron chi connectivity index (χ0n) is 15.4. The molecule has 1 aliphatic heterocycles. The maximum absolute atomic E-state index is 13.5. The predicted octanol–water partition coefficient (Wildman–Crippen LogP) is 5.07. The van der Waals surface area contributed by atoms with Crippen LogP contribution in [0.15, 0.2) is 36.4 Å². The standard InChI is InChI=1S/C21H24ClFO3/c1-14(22)8-10-21(16-4-6-17(23)7-5-16)18-13-20(25-3)19(24-2)12-15(18)9-11-26-21/h4-7,12-14H,8-11H2,1-3H3. The van der Waals surface area contributed by atoms with Crippen molar-refractivity contribution in [3.8, 4) is 11.5 Å². The third-order valence-corrected chi connectivity index (χ3v) is 5.19. The maximum atomic E-state index is 13.5. The number of alkyl halides is 1. The van der Waals surface area contributed by atoms with E-state index in [1.54, 1.807) is 26.4 Å². The average molecular weight is 379 g/mol. The lowest BCUT2D eigenvalue weighted by Gasteiger charge is -2.40. The molecule has 140 valence electrons. The molecule has 0 aliphatic carbocycles. The van der Waals surface area contributed by atoms with Gasteiger partial charge >= 0.3 is 0 Å². The van der Waals surface area contributed by atoms with Crippen LogP contribution in [0.1, 0.15) is 36.5 Å². The second-order valence-corrected chi connectivity index (χ2v) is 7.36. The van der Waals surface area contributed by atoms with Gasteiger partial charge in [0.1, 0.15) is 11.4 Å². The van der Waals surface area contributed by atoms with Crippen LogP contribution < -0.4 is 9.47 Å². The van der Waals surface area contributed by atoms with Gasteiger partial charge < -0.3 is 14.2 Å². The van der Waals surface area contributed by atoms with Crippen LogP contribution in [0.2, 0.25) is 0 Å². The van der Waals surface area contributed by atoms with Crippen LogP contribution >= 0.6 is 11.6 Å². The summed E-state index contributed by atoms with van der Waals surface area (Å²) in [6, 6.07) is 10.5. The van der Waals surface area contributed by atoms with E-state index in [0.29, 0.717) is 24.5 Å². The smallest absolute Gasteiger partial charge is 0.161 e. The van der Waals surface area contributed by atoms with Crippen molar-refractivity contribution in [3.05, 3.63) is 58.9 Å². The van der Waals surface area contributed by atoms with Gasteiger partial charge in [-0.25, -0.2) is 4.39 Å². The van der Waals surface area contributed by atoms with Crippen molar-refractivity contribution in [3.63, 3.8) is 0 Å². The molecule has 0 radical (unpaired) electrons. The molecule has 3 rings (SSSR count). The van der Waals surface area contributed by atoms with Gasteiger partial charge in [0.15, 0.2) is 11.5 Å². The molecule has 0 amide bonds. The normalized spacial score (nSPS) is 20.3. The Labute approximate surface area is 159 Å². The molecule has 2 atom stereocenters. The first-order valence-electron chi connectivity index (χ1n) is 8.79. The van der Waals surface area contributed by atoms with Crippen LogP contribution in [0.4, 0.5) is 4.39 Å². The fraction of sp³-hybridized carbons (Fsp3) is 0.429. The quantitative estimate of drug-likeness (QED) is 0.657. The molecule has 26 heavy (non-hydrogen) atoms. The van der Waals surface area contributed by atoms with Crippen LogP contribution in [0.25, 0.3) is 0 Å². The molecule has 0 aromatic heterocycles. The number of ether oxygens (including phenoxy) is 3. The Morgan fingerprint density at radius 3 is 2.42 bits per heavy atom. The van der Waals surface area contributed by atoms with Crippen LogP contribution in [0.5, 0.6) is 11.5 Å². The fourth-order valence-corrected chi connectivity index (χ4v) is 3.74. The number of fused-ring (bicyclic) bond motifs is 1. The Hall–Kier alpha value is -1.78. The van der Waals surface area contributed by atoms with Gasteiger partial charge in [0.05, 0.1) is 20.8 Å². The van der Waals surface area contributed by atoms with Gasteiger partial charge in [0.25, 0.3) is 0 Å². The first-order valence-corrected chi connectivity index (χ1v) is 9.23. The minimum Gasteiger partial charge on any atom is -0.493 e. The lowest BCUT2D eigenvalue weighted by molar-refractivity contribution is -0.0361. The van der Waals surface area contributed by atoms with E-state index < -0.39 is 5.60 Å². The summed E-state index contributed by atoms with van der Waals surface area (Å²) in [6.45, 7) is 2.55. The molecule has 2 unspecified atom stereocenters. The Balaban J connectivity index is 2.18. The van der Waals surface area contributed by atoms with Crippen LogP contribution in [-0.4, -0.2) is 26.2 Å². The van der Waals surface area contributed by atoms with Gasteiger partial charge in [-0.15, -0.1) is 11.6 Å². The molecule has 0 saturated heterocycles. The van der Waals surface area contributed by atoms with Crippen molar-refractivity contribution < 1.29 is 18.6 Å². The largest absolute Gasteiger partial charge is 0.493 e. The molecule has 0 N–H and O–H groups in total. The summed E-state index contributed by atoms with van der Waals surface area (Å²) in [4.78, 5) is 0. The van der Waals surface area contributed by atoms with E-state index in [9.17, 15) is 4.39 Å². The Morgan fingerprint density at radius 2 is 1.81 bits per heavy atom. The monoisotopic (exact) mass is 378 g/mol. The highest BCUT2D eigenvalue weighted by atomic mass is 35.5. The number of hydrogen-bond donors (Lipinski definition) is 0. The van der Waals surface area contributed by atoms with E-state index in [-0.39, 0.29) is 11.2 Å². The molecule has 0 saturated carbocycles. The van der Waals surface area contributed by atoms with Crippen molar-refractivity contribution in [1.29, 1.82) is 0 Å². The summed E-state index contributed by atoms with van der Waals surface area (Å²) < 4.78 is 30.8. The number of hydrogen-bond acceptors (Lipinski definition) is 3. The molecule has 2 aromatic carbocycles. The van der Waals surface area contributed by atoms with E-state index >= 15 is 0 Å². The summed E-state index contributed by atoms with van der Waals surface area (Å²) in [5.74, 6) is 1.09. The lowest BCUT2D eigenvalue weighted by atomic mass is 9.77. The van der Waals surface area contributed by atoms with Crippen LogP contribution in [-0.2, 0) is 16.8 Å². The third kappa shape index (κ3) is 3.53. The van der Waals surface area contributed by atoms with Crippen molar-refractivity contribution in [2.24, 2.45) is 0 Å². The Morgan fingerprint density at radius 1 is 1.15 bits per heavy atom. The van der Waals surface area contributed by atoms with Gasteiger partial charge in [0, 0.05) is 5.38 Å². The molecule has 0 spiro atoms. The topological polar surface area (TPSA) is 27.7 Å². The molecule has 5 heteroatoms.